The molecule has 2 aliphatic carbocycles. The molecule has 2 aliphatic rings. The van der Waals surface area contributed by atoms with Crippen molar-refractivity contribution in [3.05, 3.63) is 12.2 Å². The average Bonchev–Trinajstić information content (AvgIpc) is 2.45. The normalized spacial score (nSPS) is 39.5. The van der Waals surface area contributed by atoms with E-state index in [9.17, 15) is 0 Å². The van der Waals surface area contributed by atoms with Crippen molar-refractivity contribution in [3.8, 4) is 0 Å². The van der Waals surface area contributed by atoms with Crippen molar-refractivity contribution in [1.82, 2.24) is 5.32 Å². The zero-order chi connectivity index (χ0) is 7.84. The Kier molecular flexibility index (Phi) is 1.60. The molecular formula is C8H12N2S. The van der Waals surface area contributed by atoms with Crippen LogP contribution in [0.15, 0.2) is 12.2 Å². The van der Waals surface area contributed by atoms with Crippen LogP contribution in [0.2, 0.25) is 0 Å². The highest BCUT2D eigenvalue weighted by atomic mass is 32.1. The summed E-state index contributed by atoms with van der Waals surface area (Å²) in [6, 6.07) is 0.516. The van der Waals surface area contributed by atoms with E-state index in [1.165, 1.54) is 12.8 Å². The van der Waals surface area contributed by atoms with Gasteiger partial charge in [0.1, 0.15) is 0 Å². The largest absolute Gasteiger partial charge is 0.376 e. The third-order valence-corrected chi connectivity index (χ3v) is 2.72. The Bertz CT molecular complexity index is 212. The fraction of sp³-hybridized carbons (Fsp3) is 0.625. The fourth-order valence-electron chi connectivity index (χ4n) is 2.13. The average molecular weight is 168 g/mol. The molecule has 0 spiro atoms. The predicted octanol–water partition coefficient (Wildman–Crippen LogP) is 0.784. The lowest BCUT2D eigenvalue weighted by molar-refractivity contribution is 0.525. The van der Waals surface area contributed by atoms with E-state index in [0.29, 0.717) is 17.1 Å². The van der Waals surface area contributed by atoms with Crippen LogP contribution in [0.25, 0.3) is 0 Å². The molecule has 2 rings (SSSR count). The van der Waals surface area contributed by atoms with Gasteiger partial charge in [-0.2, -0.15) is 0 Å². The molecule has 0 aliphatic heterocycles. The maximum Gasteiger partial charge on any atom is 0.163 e. The number of allylic oxidation sites excluding steroid dienone is 1. The molecule has 0 unspecified atom stereocenters. The zero-order valence-corrected chi connectivity index (χ0v) is 7.10. The van der Waals surface area contributed by atoms with E-state index in [2.05, 4.69) is 17.5 Å². The molecule has 1 saturated carbocycles. The highest BCUT2D eigenvalue weighted by molar-refractivity contribution is 7.80. The van der Waals surface area contributed by atoms with Crippen molar-refractivity contribution in [2.45, 2.75) is 18.9 Å². The maximum absolute atomic E-state index is 5.40. The molecule has 11 heavy (non-hydrogen) atoms. The van der Waals surface area contributed by atoms with E-state index in [1.54, 1.807) is 0 Å². The van der Waals surface area contributed by atoms with Crippen LogP contribution in [0.1, 0.15) is 12.8 Å². The molecule has 0 amide bonds. The van der Waals surface area contributed by atoms with Gasteiger partial charge in [-0.25, -0.2) is 0 Å². The van der Waals surface area contributed by atoms with Crippen LogP contribution in [0.5, 0.6) is 0 Å². The number of nitrogens with two attached hydrogens (primary N) is 1. The third-order valence-electron chi connectivity index (χ3n) is 2.61. The first-order chi connectivity index (χ1) is 5.25. The standard InChI is InChI=1S/C8H12N2S/c9-8(11)10-7-4-5-1-2-6(7)3-5/h1-2,5-7H,3-4H2,(H3,9,10,11)/t5-,6-,7+/m0/s1. The Hall–Kier alpha value is -0.570. The van der Waals surface area contributed by atoms with Gasteiger partial charge in [0.2, 0.25) is 0 Å². The second kappa shape index (κ2) is 2.48. The molecule has 60 valence electrons. The monoisotopic (exact) mass is 168 g/mol. The van der Waals surface area contributed by atoms with Crippen molar-refractivity contribution < 1.29 is 0 Å². The summed E-state index contributed by atoms with van der Waals surface area (Å²) in [4.78, 5) is 0. The minimum atomic E-state index is 0.441. The molecule has 0 radical (unpaired) electrons. The Labute approximate surface area is 71.8 Å². The van der Waals surface area contributed by atoms with Crippen LogP contribution >= 0.6 is 12.2 Å². The number of nitrogens with one attached hydrogen (secondary N) is 1. The van der Waals surface area contributed by atoms with E-state index in [1.807, 2.05) is 0 Å². The van der Waals surface area contributed by atoms with E-state index in [0.717, 1.165) is 5.92 Å². The van der Waals surface area contributed by atoms with E-state index < -0.39 is 0 Å². The van der Waals surface area contributed by atoms with Gasteiger partial charge in [-0.3, -0.25) is 0 Å². The number of rotatable bonds is 1. The first kappa shape index (κ1) is 7.10. The van der Waals surface area contributed by atoms with Gasteiger partial charge in [0.05, 0.1) is 0 Å². The molecule has 0 saturated heterocycles. The summed E-state index contributed by atoms with van der Waals surface area (Å²) in [6.45, 7) is 0. The fourth-order valence-corrected chi connectivity index (χ4v) is 2.28. The van der Waals surface area contributed by atoms with E-state index >= 15 is 0 Å². The van der Waals surface area contributed by atoms with Gasteiger partial charge in [0.15, 0.2) is 5.11 Å². The maximum atomic E-state index is 5.40. The highest BCUT2D eigenvalue weighted by Gasteiger charge is 2.35. The minimum Gasteiger partial charge on any atom is -0.376 e. The summed E-state index contributed by atoms with van der Waals surface area (Å²) in [5, 5.41) is 3.57. The number of thiocarbonyl (C=S) groups is 1. The Morgan fingerprint density at radius 1 is 1.45 bits per heavy atom. The summed E-state index contributed by atoms with van der Waals surface area (Å²) in [7, 11) is 0. The first-order valence-electron chi connectivity index (χ1n) is 4.00. The van der Waals surface area contributed by atoms with Crippen LogP contribution < -0.4 is 11.1 Å². The quantitative estimate of drug-likeness (QED) is 0.449. The Balaban J connectivity index is 1.98. The van der Waals surface area contributed by atoms with Gasteiger partial charge >= 0.3 is 0 Å². The lowest BCUT2D eigenvalue weighted by Gasteiger charge is -2.19. The lowest BCUT2D eigenvalue weighted by Crippen LogP contribution is -2.40. The van der Waals surface area contributed by atoms with Crippen LogP contribution in [0.3, 0.4) is 0 Å². The molecule has 0 aromatic carbocycles. The van der Waals surface area contributed by atoms with Crippen molar-refractivity contribution in [1.29, 1.82) is 0 Å². The van der Waals surface area contributed by atoms with Gasteiger partial charge in [-0.15, -0.1) is 0 Å². The van der Waals surface area contributed by atoms with Crippen molar-refractivity contribution in [2.75, 3.05) is 0 Å². The SMILES string of the molecule is NC(=S)N[C@@H]1C[C@H]2C=C[C@H]1C2. The second-order valence-electron chi connectivity index (χ2n) is 3.40. The van der Waals surface area contributed by atoms with Crippen molar-refractivity contribution in [3.63, 3.8) is 0 Å². The molecule has 3 heteroatoms. The zero-order valence-electron chi connectivity index (χ0n) is 6.29. The van der Waals surface area contributed by atoms with Crippen molar-refractivity contribution >= 4 is 17.3 Å². The summed E-state index contributed by atoms with van der Waals surface area (Å²) in [6.07, 6.45) is 7.09. The van der Waals surface area contributed by atoms with Crippen LogP contribution in [-0.4, -0.2) is 11.2 Å². The van der Waals surface area contributed by atoms with Crippen LogP contribution in [0, 0.1) is 11.8 Å². The van der Waals surface area contributed by atoms with E-state index in [4.69, 9.17) is 18.0 Å². The summed E-state index contributed by atoms with van der Waals surface area (Å²) >= 11 is 4.79. The molecule has 0 heterocycles. The van der Waals surface area contributed by atoms with Gasteiger partial charge in [0, 0.05) is 6.04 Å². The minimum absolute atomic E-state index is 0.441. The molecule has 1 fully saturated rings. The Morgan fingerprint density at radius 2 is 2.27 bits per heavy atom. The van der Waals surface area contributed by atoms with Crippen LogP contribution in [-0.2, 0) is 0 Å². The predicted molar refractivity (Wildman–Crippen MR) is 49.1 cm³/mol. The Morgan fingerprint density at radius 3 is 2.73 bits per heavy atom. The van der Waals surface area contributed by atoms with Gasteiger partial charge in [-0.05, 0) is 36.9 Å². The molecule has 2 nitrogen and oxygen atoms in total. The van der Waals surface area contributed by atoms with E-state index in [-0.39, 0.29) is 0 Å². The smallest absolute Gasteiger partial charge is 0.163 e. The summed E-state index contributed by atoms with van der Waals surface area (Å²) in [5.41, 5.74) is 5.40. The van der Waals surface area contributed by atoms with Crippen LogP contribution in [0.4, 0.5) is 0 Å². The summed E-state index contributed by atoms with van der Waals surface area (Å²) in [5.74, 6) is 1.47. The number of fused-ring (bicyclic) bond motifs is 2. The molecule has 3 atom stereocenters. The van der Waals surface area contributed by atoms with Gasteiger partial charge in [0.25, 0.3) is 0 Å². The second-order valence-corrected chi connectivity index (χ2v) is 3.84. The highest BCUT2D eigenvalue weighted by Crippen LogP contribution is 2.38. The molecule has 0 aromatic heterocycles. The topological polar surface area (TPSA) is 38.0 Å². The molecule has 0 aromatic rings. The van der Waals surface area contributed by atoms with Crippen molar-refractivity contribution in [2.24, 2.45) is 17.6 Å². The van der Waals surface area contributed by atoms with Gasteiger partial charge < -0.3 is 11.1 Å². The first-order valence-corrected chi connectivity index (χ1v) is 4.41. The molecule has 2 bridgehead atoms. The van der Waals surface area contributed by atoms with Gasteiger partial charge in [-0.1, -0.05) is 12.2 Å². The number of hydrogen-bond donors (Lipinski definition) is 2. The molecular weight excluding hydrogens is 156 g/mol. The third kappa shape index (κ3) is 1.25. The molecule has 3 N–H and O–H groups in total. The number of hydrogen-bond acceptors (Lipinski definition) is 1. The lowest BCUT2D eigenvalue weighted by atomic mass is 10.0. The summed E-state index contributed by atoms with van der Waals surface area (Å²) < 4.78 is 0.